The molecule has 1 aromatic rings. The van der Waals surface area contributed by atoms with Crippen LogP contribution in [0, 0.1) is 0 Å². The summed E-state index contributed by atoms with van der Waals surface area (Å²) >= 11 is 0. The molecular formula is C25H45N2O+. The predicted molar refractivity (Wildman–Crippen MR) is 121 cm³/mol. The summed E-state index contributed by atoms with van der Waals surface area (Å²) in [6.45, 7) is 6.32. The minimum absolute atomic E-state index is 0.203. The smallest absolute Gasteiger partial charge is 0.220 e. The molecular weight excluding hydrogens is 344 g/mol. The third-order valence-electron chi connectivity index (χ3n) is 5.39. The van der Waals surface area contributed by atoms with Gasteiger partial charge in [0.1, 0.15) is 6.54 Å². The number of benzene rings is 1. The molecule has 0 heterocycles. The highest BCUT2D eigenvalue weighted by atomic mass is 16.1. The van der Waals surface area contributed by atoms with E-state index in [1.165, 1.54) is 63.4 Å². The Morgan fingerprint density at radius 2 is 1.43 bits per heavy atom. The standard InChI is InChI=1S/C25H44N2O/c1-5-6-7-8-9-10-11-12-13-17-20-25(28)26-23(2)21-27(3,4)22-24-18-15-14-16-19-24/h14-16,18-19,23H,5-13,17,20-22H2,1-4H3/p+1. The first-order valence-corrected chi connectivity index (χ1v) is 11.6. The molecule has 1 rings (SSSR count). The van der Waals surface area contributed by atoms with Gasteiger partial charge in [0.2, 0.25) is 5.91 Å². The van der Waals surface area contributed by atoms with Crippen molar-refractivity contribution in [2.75, 3.05) is 20.6 Å². The fraction of sp³-hybridized carbons (Fsp3) is 0.720. The van der Waals surface area contributed by atoms with Crippen molar-refractivity contribution in [3.05, 3.63) is 35.9 Å². The SMILES string of the molecule is CCCCCCCCCCCCC(=O)NC(C)C[N+](C)(C)Cc1ccccc1. The van der Waals surface area contributed by atoms with Gasteiger partial charge in [0, 0.05) is 12.0 Å². The van der Waals surface area contributed by atoms with Gasteiger partial charge in [-0.3, -0.25) is 4.79 Å². The van der Waals surface area contributed by atoms with Gasteiger partial charge in [-0.1, -0.05) is 95.0 Å². The normalized spacial score (nSPS) is 12.7. The van der Waals surface area contributed by atoms with Gasteiger partial charge in [0.15, 0.2) is 0 Å². The first-order chi connectivity index (χ1) is 13.4. The van der Waals surface area contributed by atoms with Crippen molar-refractivity contribution in [1.29, 1.82) is 0 Å². The zero-order chi connectivity index (χ0) is 20.7. The van der Waals surface area contributed by atoms with Crippen LogP contribution in [0.4, 0.5) is 0 Å². The van der Waals surface area contributed by atoms with Crippen LogP contribution in [0.15, 0.2) is 30.3 Å². The summed E-state index contributed by atoms with van der Waals surface area (Å²) in [7, 11) is 4.47. The number of likely N-dealkylation sites (N-methyl/N-ethyl adjacent to an activating group) is 1. The number of carbonyl (C=O) groups is 1. The number of amides is 1. The number of nitrogens with one attached hydrogen (secondary N) is 1. The molecule has 0 saturated carbocycles. The summed E-state index contributed by atoms with van der Waals surface area (Å²) in [6, 6.07) is 10.8. The molecule has 3 nitrogen and oxygen atoms in total. The first kappa shape index (κ1) is 24.7. The first-order valence-electron chi connectivity index (χ1n) is 11.6. The van der Waals surface area contributed by atoms with Crippen LogP contribution in [0.25, 0.3) is 0 Å². The van der Waals surface area contributed by atoms with E-state index >= 15 is 0 Å². The zero-order valence-corrected chi connectivity index (χ0v) is 19.0. The summed E-state index contributed by atoms with van der Waals surface area (Å²) in [5.41, 5.74) is 1.34. The third kappa shape index (κ3) is 12.9. The molecule has 1 aromatic carbocycles. The molecule has 0 spiro atoms. The second-order valence-electron chi connectivity index (χ2n) is 9.16. The summed E-state index contributed by atoms with van der Waals surface area (Å²) in [5, 5.41) is 3.20. The van der Waals surface area contributed by atoms with Gasteiger partial charge in [0.25, 0.3) is 0 Å². The van der Waals surface area contributed by atoms with Gasteiger partial charge >= 0.3 is 0 Å². The van der Waals surface area contributed by atoms with Crippen molar-refractivity contribution in [2.45, 2.75) is 97.1 Å². The lowest BCUT2D eigenvalue weighted by Crippen LogP contribution is -2.49. The van der Waals surface area contributed by atoms with Gasteiger partial charge in [-0.2, -0.15) is 0 Å². The highest BCUT2D eigenvalue weighted by molar-refractivity contribution is 5.76. The minimum Gasteiger partial charge on any atom is -0.348 e. The maximum atomic E-state index is 12.2. The number of hydrogen-bond acceptors (Lipinski definition) is 1. The average molecular weight is 390 g/mol. The molecule has 0 aromatic heterocycles. The molecule has 0 aliphatic heterocycles. The van der Waals surface area contributed by atoms with Crippen LogP contribution in [0.3, 0.4) is 0 Å². The fourth-order valence-electron chi connectivity index (χ4n) is 4.05. The lowest BCUT2D eigenvalue weighted by Gasteiger charge is -2.32. The molecule has 0 aliphatic carbocycles. The van der Waals surface area contributed by atoms with Crippen LogP contribution < -0.4 is 5.32 Å². The Balaban J connectivity index is 2.08. The Morgan fingerprint density at radius 1 is 0.893 bits per heavy atom. The molecule has 0 fully saturated rings. The van der Waals surface area contributed by atoms with Gasteiger partial charge in [0.05, 0.1) is 26.7 Å². The van der Waals surface area contributed by atoms with Crippen molar-refractivity contribution >= 4 is 5.91 Å². The number of carbonyl (C=O) groups excluding carboxylic acids is 1. The van der Waals surface area contributed by atoms with E-state index in [1.54, 1.807) is 0 Å². The van der Waals surface area contributed by atoms with Crippen LogP contribution in [-0.4, -0.2) is 37.1 Å². The number of hydrogen-bond donors (Lipinski definition) is 1. The van der Waals surface area contributed by atoms with Crippen molar-refractivity contribution in [1.82, 2.24) is 5.32 Å². The van der Waals surface area contributed by atoms with E-state index in [0.717, 1.165) is 24.0 Å². The Kier molecular flexibility index (Phi) is 12.9. The van der Waals surface area contributed by atoms with Gasteiger partial charge in [-0.25, -0.2) is 0 Å². The maximum absolute atomic E-state index is 12.2. The molecule has 1 amide bonds. The number of rotatable bonds is 16. The van der Waals surface area contributed by atoms with E-state index in [1.807, 2.05) is 0 Å². The second kappa shape index (κ2) is 14.6. The molecule has 28 heavy (non-hydrogen) atoms. The van der Waals surface area contributed by atoms with Gasteiger partial charge < -0.3 is 9.80 Å². The molecule has 3 heteroatoms. The molecule has 0 aliphatic rings. The highest BCUT2D eigenvalue weighted by Gasteiger charge is 2.20. The number of unbranched alkanes of at least 4 members (excludes halogenated alkanes) is 9. The Hall–Kier alpha value is -1.35. The van der Waals surface area contributed by atoms with Crippen LogP contribution in [0.1, 0.15) is 90.0 Å². The Labute approximate surface area is 174 Å². The molecule has 1 atom stereocenters. The topological polar surface area (TPSA) is 29.1 Å². The lowest BCUT2D eigenvalue weighted by atomic mass is 10.1. The number of nitrogens with zero attached hydrogens (tertiary/aromatic N) is 1. The molecule has 0 radical (unpaired) electrons. The third-order valence-corrected chi connectivity index (χ3v) is 5.39. The summed E-state index contributed by atoms with van der Waals surface area (Å²) in [4.78, 5) is 12.2. The lowest BCUT2D eigenvalue weighted by molar-refractivity contribution is -0.904. The molecule has 1 unspecified atom stereocenters. The molecule has 0 bridgehead atoms. The summed E-state index contributed by atoms with van der Waals surface area (Å²) in [6.07, 6.45) is 13.7. The van der Waals surface area contributed by atoms with Gasteiger partial charge in [-0.15, -0.1) is 0 Å². The average Bonchev–Trinajstić information content (AvgIpc) is 2.63. The fourth-order valence-corrected chi connectivity index (χ4v) is 4.05. The van der Waals surface area contributed by atoms with E-state index in [-0.39, 0.29) is 11.9 Å². The quantitative estimate of drug-likeness (QED) is 0.269. The molecule has 160 valence electrons. The van der Waals surface area contributed by atoms with Crippen LogP contribution in [0.5, 0.6) is 0 Å². The summed E-state index contributed by atoms with van der Waals surface area (Å²) < 4.78 is 0.879. The maximum Gasteiger partial charge on any atom is 0.220 e. The van der Waals surface area contributed by atoms with Crippen LogP contribution >= 0.6 is 0 Å². The van der Waals surface area contributed by atoms with Gasteiger partial charge in [-0.05, 0) is 13.3 Å². The van der Waals surface area contributed by atoms with E-state index < -0.39 is 0 Å². The highest BCUT2D eigenvalue weighted by Crippen LogP contribution is 2.12. The summed E-state index contributed by atoms with van der Waals surface area (Å²) in [5.74, 6) is 0.215. The number of quaternary nitrogens is 1. The minimum atomic E-state index is 0.203. The van der Waals surface area contributed by atoms with Crippen molar-refractivity contribution in [2.24, 2.45) is 0 Å². The molecule has 0 saturated heterocycles. The van der Waals surface area contributed by atoms with Crippen molar-refractivity contribution < 1.29 is 9.28 Å². The van der Waals surface area contributed by atoms with Crippen LogP contribution in [0.2, 0.25) is 0 Å². The van der Waals surface area contributed by atoms with Crippen LogP contribution in [-0.2, 0) is 11.3 Å². The second-order valence-corrected chi connectivity index (χ2v) is 9.16. The molecule has 1 N–H and O–H groups in total. The van der Waals surface area contributed by atoms with Crippen molar-refractivity contribution in [3.8, 4) is 0 Å². The van der Waals surface area contributed by atoms with E-state index in [0.29, 0.717) is 6.42 Å². The Bertz CT molecular complexity index is 513. The van der Waals surface area contributed by atoms with E-state index in [9.17, 15) is 4.79 Å². The Morgan fingerprint density at radius 3 is 2.00 bits per heavy atom. The predicted octanol–water partition coefficient (Wildman–Crippen LogP) is 6.08. The zero-order valence-electron chi connectivity index (χ0n) is 19.0. The largest absolute Gasteiger partial charge is 0.348 e. The van der Waals surface area contributed by atoms with Crippen molar-refractivity contribution in [3.63, 3.8) is 0 Å². The van der Waals surface area contributed by atoms with E-state index in [4.69, 9.17) is 0 Å². The van der Waals surface area contributed by atoms with E-state index in [2.05, 4.69) is 63.6 Å². The monoisotopic (exact) mass is 389 g/mol.